The monoisotopic (exact) mass is 221 g/mol. The zero-order valence-corrected chi connectivity index (χ0v) is 8.04. The molecule has 0 saturated carbocycles. The molecule has 10 heavy (non-hydrogen) atoms. The van der Waals surface area contributed by atoms with Crippen molar-refractivity contribution in [2.45, 2.75) is 12.7 Å². The van der Waals surface area contributed by atoms with E-state index in [0.717, 1.165) is 21.9 Å². The summed E-state index contributed by atoms with van der Waals surface area (Å²) in [5.41, 5.74) is 0. The molecule has 0 N–H and O–H groups in total. The van der Waals surface area contributed by atoms with E-state index < -0.39 is 0 Å². The molecule has 0 bridgehead atoms. The van der Waals surface area contributed by atoms with Crippen molar-refractivity contribution in [2.75, 3.05) is 5.75 Å². The Bertz CT molecular complexity index is 201. The van der Waals surface area contributed by atoms with Gasteiger partial charge in [-0.1, -0.05) is 12.1 Å². The maximum atomic E-state index is 4.95. The summed E-state index contributed by atoms with van der Waals surface area (Å²) in [6.45, 7) is 2.12. The van der Waals surface area contributed by atoms with Gasteiger partial charge in [0.15, 0.2) is 0 Å². The second-order valence-corrected chi connectivity index (χ2v) is 3.84. The molecule has 0 aliphatic carbocycles. The van der Waals surface area contributed by atoms with E-state index in [4.69, 9.17) is 4.52 Å². The first-order valence-electron chi connectivity index (χ1n) is 3.01. The Morgan fingerprint density at radius 1 is 1.80 bits per heavy atom. The van der Waals surface area contributed by atoms with Crippen molar-refractivity contribution in [3.63, 3.8) is 0 Å². The second-order valence-electron chi connectivity index (χ2n) is 1.75. The van der Waals surface area contributed by atoms with E-state index in [2.05, 4.69) is 28.0 Å². The standard InChI is InChI=1S/C6H8BrNOS/c1-2-10-4-5-3-6(7)8-9-5/h3H,2,4H2,1H3. The molecule has 0 aromatic carbocycles. The van der Waals surface area contributed by atoms with E-state index >= 15 is 0 Å². The molecule has 1 aromatic heterocycles. The molecule has 0 aliphatic heterocycles. The highest BCUT2D eigenvalue weighted by Crippen LogP contribution is 2.15. The fourth-order valence-corrected chi connectivity index (χ4v) is 1.43. The molecule has 0 amide bonds. The first-order chi connectivity index (χ1) is 4.83. The summed E-state index contributed by atoms with van der Waals surface area (Å²) < 4.78 is 5.73. The topological polar surface area (TPSA) is 26.0 Å². The number of hydrogen-bond acceptors (Lipinski definition) is 3. The van der Waals surface area contributed by atoms with E-state index in [0.29, 0.717) is 0 Å². The molecule has 1 aromatic rings. The van der Waals surface area contributed by atoms with Crippen LogP contribution in [0.3, 0.4) is 0 Å². The van der Waals surface area contributed by atoms with Crippen LogP contribution < -0.4 is 0 Å². The van der Waals surface area contributed by atoms with Gasteiger partial charge in [0.1, 0.15) is 10.4 Å². The Morgan fingerprint density at radius 2 is 2.60 bits per heavy atom. The molecule has 0 aliphatic rings. The highest BCUT2D eigenvalue weighted by Gasteiger charge is 1.99. The lowest BCUT2D eigenvalue weighted by Gasteiger charge is -1.88. The van der Waals surface area contributed by atoms with Gasteiger partial charge in [-0.25, -0.2) is 0 Å². The van der Waals surface area contributed by atoms with Crippen LogP contribution in [0.25, 0.3) is 0 Å². The van der Waals surface area contributed by atoms with Gasteiger partial charge >= 0.3 is 0 Å². The molecule has 4 heteroatoms. The molecule has 2 nitrogen and oxygen atoms in total. The Balaban J connectivity index is 2.42. The van der Waals surface area contributed by atoms with Gasteiger partial charge < -0.3 is 4.52 Å². The largest absolute Gasteiger partial charge is 0.359 e. The van der Waals surface area contributed by atoms with Crippen molar-refractivity contribution in [3.05, 3.63) is 16.4 Å². The van der Waals surface area contributed by atoms with Gasteiger partial charge in [0.2, 0.25) is 0 Å². The van der Waals surface area contributed by atoms with Gasteiger partial charge in [0, 0.05) is 6.07 Å². The molecule has 0 fully saturated rings. The molecular weight excluding hydrogens is 214 g/mol. The van der Waals surface area contributed by atoms with Crippen LogP contribution in [0.2, 0.25) is 0 Å². The number of rotatable bonds is 3. The quantitative estimate of drug-likeness (QED) is 0.786. The number of hydrogen-bond donors (Lipinski definition) is 0. The molecule has 56 valence electrons. The van der Waals surface area contributed by atoms with Gasteiger partial charge in [-0.2, -0.15) is 11.8 Å². The predicted octanol–water partition coefficient (Wildman–Crippen LogP) is 2.69. The highest BCUT2D eigenvalue weighted by molar-refractivity contribution is 9.10. The van der Waals surface area contributed by atoms with Crippen molar-refractivity contribution >= 4 is 27.7 Å². The third kappa shape index (κ3) is 2.34. The van der Waals surface area contributed by atoms with Crippen LogP contribution in [0.15, 0.2) is 15.2 Å². The minimum absolute atomic E-state index is 0.777. The molecule has 1 heterocycles. The molecule has 0 unspecified atom stereocenters. The first-order valence-corrected chi connectivity index (χ1v) is 4.96. The summed E-state index contributed by atoms with van der Waals surface area (Å²) in [4.78, 5) is 0. The first kappa shape index (κ1) is 8.14. The summed E-state index contributed by atoms with van der Waals surface area (Å²) in [6, 6.07) is 1.89. The summed E-state index contributed by atoms with van der Waals surface area (Å²) in [5, 5.41) is 3.70. The van der Waals surface area contributed by atoms with E-state index in [1.807, 2.05) is 17.8 Å². The maximum Gasteiger partial charge on any atom is 0.149 e. The van der Waals surface area contributed by atoms with Gasteiger partial charge in [-0.3, -0.25) is 0 Å². The van der Waals surface area contributed by atoms with Crippen LogP contribution in [0.1, 0.15) is 12.7 Å². The average molecular weight is 222 g/mol. The smallest absolute Gasteiger partial charge is 0.149 e. The molecule has 1 rings (SSSR count). The van der Waals surface area contributed by atoms with E-state index in [1.54, 1.807) is 0 Å². The van der Waals surface area contributed by atoms with Crippen LogP contribution in [0.4, 0.5) is 0 Å². The summed E-state index contributed by atoms with van der Waals surface area (Å²) in [6.07, 6.45) is 0. The molecule has 0 radical (unpaired) electrons. The Labute approximate surface area is 72.5 Å². The van der Waals surface area contributed by atoms with Crippen LogP contribution >= 0.6 is 27.7 Å². The molecule has 0 atom stereocenters. The van der Waals surface area contributed by atoms with E-state index in [-0.39, 0.29) is 0 Å². The van der Waals surface area contributed by atoms with Crippen molar-refractivity contribution < 1.29 is 4.52 Å². The van der Waals surface area contributed by atoms with Gasteiger partial charge in [0.25, 0.3) is 0 Å². The molecular formula is C6H8BrNOS. The minimum Gasteiger partial charge on any atom is -0.359 e. The van der Waals surface area contributed by atoms with Crippen molar-refractivity contribution in [2.24, 2.45) is 0 Å². The lowest BCUT2D eigenvalue weighted by Crippen LogP contribution is -1.74. The fourth-order valence-electron chi connectivity index (χ4n) is 0.558. The number of thioether (sulfide) groups is 1. The SMILES string of the molecule is CCSCc1cc(Br)no1. The average Bonchev–Trinajstić information content (AvgIpc) is 2.31. The van der Waals surface area contributed by atoms with Crippen LogP contribution in [-0.2, 0) is 5.75 Å². The van der Waals surface area contributed by atoms with Crippen molar-refractivity contribution in [3.8, 4) is 0 Å². The fraction of sp³-hybridized carbons (Fsp3) is 0.500. The number of aromatic nitrogens is 1. The van der Waals surface area contributed by atoms with Gasteiger partial charge in [-0.15, -0.1) is 0 Å². The predicted molar refractivity (Wildman–Crippen MR) is 46.0 cm³/mol. The van der Waals surface area contributed by atoms with Crippen molar-refractivity contribution in [1.82, 2.24) is 5.16 Å². The third-order valence-electron chi connectivity index (χ3n) is 0.979. The van der Waals surface area contributed by atoms with Crippen LogP contribution in [-0.4, -0.2) is 10.9 Å². The summed E-state index contributed by atoms with van der Waals surface area (Å²) >= 11 is 5.03. The normalized spacial score (nSPS) is 10.2. The summed E-state index contributed by atoms with van der Waals surface area (Å²) in [7, 11) is 0. The van der Waals surface area contributed by atoms with Crippen LogP contribution in [0.5, 0.6) is 0 Å². The Hall–Kier alpha value is 0.0400. The zero-order valence-electron chi connectivity index (χ0n) is 5.63. The summed E-state index contributed by atoms with van der Waals surface area (Å²) in [5.74, 6) is 2.95. The van der Waals surface area contributed by atoms with Gasteiger partial charge in [-0.05, 0) is 21.7 Å². The van der Waals surface area contributed by atoms with E-state index in [9.17, 15) is 0 Å². The highest BCUT2D eigenvalue weighted by atomic mass is 79.9. The minimum atomic E-state index is 0.777. The Kier molecular flexibility index (Phi) is 3.28. The number of nitrogens with zero attached hydrogens (tertiary/aromatic N) is 1. The van der Waals surface area contributed by atoms with Gasteiger partial charge in [0.05, 0.1) is 5.75 Å². The molecule has 0 saturated heterocycles. The molecule has 0 spiro atoms. The number of halogens is 1. The Morgan fingerprint density at radius 3 is 3.10 bits per heavy atom. The van der Waals surface area contributed by atoms with E-state index in [1.165, 1.54) is 0 Å². The zero-order chi connectivity index (χ0) is 7.40. The third-order valence-corrected chi connectivity index (χ3v) is 2.25. The van der Waals surface area contributed by atoms with Crippen molar-refractivity contribution in [1.29, 1.82) is 0 Å². The maximum absolute atomic E-state index is 4.95. The lowest BCUT2D eigenvalue weighted by atomic mass is 10.5. The second kappa shape index (κ2) is 4.03. The van der Waals surface area contributed by atoms with Crippen LogP contribution in [0, 0.1) is 0 Å². The lowest BCUT2D eigenvalue weighted by molar-refractivity contribution is 0.391.